The number of nitrogens with two attached hydrogens (primary N) is 1. The second-order valence-corrected chi connectivity index (χ2v) is 6.05. The van der Waals surface area contributed by atoms with E-state index in [1.807, 2.05) is 12.4 Å². The number of rotatable bonds is 5. The van der Waals surface area contributed by atoms with Crippen LogP contribution in [0.5, 0.6) is 0 Å². The first kappa shape index (κ1) is 13.6. The fourth-order valence-corrected chi connectivity index (χ4v) is 3.20. The molecular weight excluding hydrogens is 222 g/mol. The van der Waals surface area contributed by atoms with Crippen LogP contribution in [0.4, 0.5) is 0 Å². The molecule has 1 saturated carbocycles. The van der Waals surface area contributed by atoms with Crippen LogP contribution in [0.15, 0.2) is 12.4 Å². The zero-order valence-corrected chi connectivity index (χ0v) is 11.9. The minimum atomic E-state index is 0.0657. The quantitative estimate of drug-likeness (QED) is 0.871. The van der Waals surface area contributed by atoms with Crippen molar-refractivity contribution in [3.63, 3.8) is 0 Å². The van der Waals surface area contributed by atoms with Crippen molar-refractivity contribution in [2.45, 2.75) is 63.8 Å². The maximum atomic E-state index is 6.55. The molecule has 0 radical (unpaired) electrons. The standard InChI is InChI=1S/C15H27N3/c1-3-4-13-5-8-15(16,9-6-13)10-7-14-17-11-12-18(14)2/h11-13H,3-10,16H2,1-2H3. The molecule has 1 fully saturated rings. The molecule has 0 aliphatic heterocycles. The molecule has 1 aliphatic rings. The van der Waals surface area contributed by atoms with Crippen molar-refractivity contribution in [1.29, 1.82) is 0 Å². The minimum absolute atomic E-state index is 0.0657. The zero-order valence-electron chi connectivity index (χ0n) is 11.9. The third-order valence-electron chi connectivity index (χ3n) is 4.57. The van der Waals surface area contributed by atoms with Gasteiger partial charge in [-0.05, 0) is 38.0 Å². The second kappa shape index (κ2) is 5.87. The van der Waals surface area contributed by atoms with Gasteiger partial charge in [0.1, 0.15) is 5.82 Å². The van der Waals surface area contributed by atoms with Crippen molar-refractivity contribution < 1.29 is 0 Å². The Balaban J connectivity index is 1.81. The Bertz CT molecular complexity index is 362. The van der Waals surface area contributed by atoms with Gasteiger partial charge in [-0.15, -0.1) is 0 Å². The topological polar surface area (TPSA) is 43.8 Å². The molecule has 0 amide bonds. The summed E-state index contributed by atoms with van der Waals surface area (Å²) in [6.07, 6.45) is 13.7. The minimum Gasteiger partial charge on any atom is -0.338 e. The lowest BCUT2D eigenvalue weighted by atomic mass is 9.73. The van der Waals surface area contributed by atoms with Gasteiger partial charge in [-0.1, -0.05) is 19.8 Å². The largest absolute Gasteiger partial charge is 0.338 e. The molecule has 0 aromatic carbocycles. The van der Waals surface area contributed by atoms with E-state index in [0.29, 0.717) is 0 Å². The van der Waals surface area contributed by atoms with E-state index in [-0.39, 0.29) is 5.54 Å². The Morgan fingerprint density at radius 3 is 2.72 bits per heavy atom. The van der Waals surface area contributed by atoms with Gasteiger partial charge in [0.25, 0.3) is 0 Å². The molecule has 0 spiro atoms. The summed E-state index contributed by atoms with van der Waals surface area (Å²) in [5, 5.41) is 0. The third-order valence-corrected chi connectivity index (χ3v) is 4.57. The van der Waals surface area contributed by atoms with Crippen molar-refractivity contribution in [2.24, 2.45) is 18.7 Å². The van der Waals surface area contributed by atoms with Crippen molar-refractivity contribution in [3.8, 4) is 0 Å². The molecule has 102 valence electrons. The fourth-order valence-electron chi connectivity index (χ4n) is 3.20. The molecule has 1 aromatic rings. The number of aryl methyl sites for hydroxylation is 2. The summed E-state index contributed by atoms with van der Waals surface area (Å²) < 4.78 is 2.10. The lowest BCUT2D eigenvalue weighted by Gasteiger charge is -2.37. The maximum absolute atomic E-state index is 6.55. The average Bonchev–Trinajstić information content (AvgIpc) is 2.76. The van der Waals surface area contributed by atoms with Crippen LogP contribution in [0.1, 0.15) is 57.7 Å². The smallest absolute Gasteiger partial charge is 0.108 e. The molecule has 0 atom stereocenters. The lowest BCUT2D eigenvalue weighted by Crippen LogP contribution is -2.43. The lowest BCUT2D eigenvalue weighted by molar-refractivity contribution is 0.212. The SMILES string of the molecule is CCCC1CCC(N)(CCc2nccn2C)CC1. The molecule has 0 bridgehead atoms. The molecule has 0 unspecified atom stereocenters. The second-order valence-electron chi connectivity index (χ2n) is 6.05. The van der Waals surface area contributed by atoms with Crippen molar-refractivity contribution in [2.75, 3.05) is 0 Å². The van der Waals surface area contributed by atoms with Gasteiger partial charge in [-0.25, -0.2) is 4.98 Å². The van der Waals surface area contributed by atoms with Gasteiger partial charge >= 0.3 is 0 Å². The summed E-state index contributed by atoms with van der Waals surface area (Å²) >= 11 is 0. The summed E-state index contributed by atoms with van der Waals surface area (Å²) in [5.74, 6) is 2.09. The van der Waals surface area contributed by atoms with Crippen LogP contribution in [0.2, 0.25) is 0 Å². The highest BCUT2D eigenvalue weighted by Crippen LogP contribution is 2.35. The van der Waals surface area contributed by atoms with E-state index in [0.717, 1.165) is 24.6 Å². The average molecular weight is 249 g/mol. The summed E-state index contributed by atoms with van der Waals surface area (Å²) in [6.45, 7) is 2.28. The summed E-state index contributed by atoms with van der Waals surface area (Å²) in [5.41, 5.74) is 6.61. The molecule has 3 heteroatoms. The fraction of sp³-hybridized carbons (Fsp3) is 0.800. The van der Waals surface area contributed by atoms with Gasteiger partial charge in [0.15, 0.2) is 0 Å². The summed E-state index contributed by atoms with van der Waals surface area (Å²) in [6, 6.07) is 0. The van der Waals surface area contributed by atoms with Crippen LogP contribution in [-0.2, 0) is 13.5 Å². The predicted octanol–water partition coefficient (Wildman–Crippen LogP) is 3.04. The first-order chi connectivity index (χ1) is 8.63. The number of imidazole rings is 1. The number of aromatic nitrogens is 2. The molecular formula is C15H27N3. The molecule has 1 aromatic heterocycles. The van der Waals surface area contributed by atoms with E-state index < -0.39 is 0 Å². The Kier molecular flexibility index (Phi) is 4.44. The van der Waals surface area contributed by atoms with E-state index in [1.165, 1.54) is 38.5 Å². The van der Waals surface area contributed by atoms with Crippen LogP contribution in [0, 0.1) is 5.92 Å². The third kappa shape index (κ3) is 3.35. The molecule has 2 N–H and O–H groups in total. The van der Waals surface area contributed by atoms with Gasteiger partial charge in [0, 0.05) is 31.4 Å². The van der Waals surface area contributed by atoms with E-state index >= 15 is 0 Å². The monoisotopic (exact) mass is 249 g/mol. The first-order valence-electron chi connectivity index (χ1n) is 7.38. The molecule has 1 aliphatic carbocycles. The molecule has 0 saturated heterocycles. The van der Waals surface area contributed by atoms with E-state index in [9.17, 15) is 0 Å². The molecule has 1 heterocycles. The summed E-state index contributed by atoms with van der Waals surface area (Å²) in [4.78, 5) is 4.38. The van der Waals surface area contributed by atoms with Crippen LogP contribution >= 0.6 is 0 Å². The number of hydrogen-bond donors (Lipinski definition) is 1. The van der Waals surface area contributed by atoms with E-state index in [2.05, 4.69) is 23.5 Å². The highest BCUT2D eigenvalue weighted by Gasteiger charge is 2.31. The van der Waals surface area contributed by atoms with Crippen molar-refractivity contribution in [1.82, 2.24) is 9.55 Å². The zero-order chi connectivity index (χ0) is 13.0. The highest BCUT2D eigenvalue weighted by atomic mass is 15.0. The normalized spacial score (nSPS) is 28.5. The molecule has 3 nitrogen and oxygen atoms in total. The Morgan fingerprint density at radius 1 is 1.44 bits per heavy atom. The Morgan fingerprint density at radius 2 is 2.17 bits per heavy atom. The van der Waals surface area contributed by atoms with Gasteiger partial charge < -0.3 is 10.3 Å². The molecule has 2 rings (SSSR count). The maximum Gasteiger partial charge on any atom is 0.108 e. The van der Waals surface area contributed by atoms with Crippen molar-refractivity contribution in [3.05, 3.63) is 18.2 Å². The van der Waals surface area contributed by atoms with Crippen LogP contribution in [0.25, 0.3) is 0 Å². The first-order valence-corrected chi connectivity index (χ1v) is 7.38. The predicted molar refractivity (Wildman–Crippen MR) is 75.3 cm³/mol. The molecule has 18 heavy (non-hydrogen) atoms. The van der Waals surface area contributed by atoms with E-state index in [1.54, 1.807) is 0 Å². The van der Waals surface area contributed by atoms with Gasteiger partial charge in [0.2, 0.25) is 0 Å². The Labute approximate surface area is 111 Å². The number of nitrogens with zero attached hydrogens (tertiary/aromatic N) is 2. The van der Waals surface area contributed by atoms with Gasteiger partial charge in [0.05, 0.1) is 0 Å². The van der Waals surface area contributed by atoms with Crippen LogP contribution < -0.4 is 5.73 Å². The van der Waals surface area contributed by atoms with Gasteiger partial charge in [-0.2, -0.15) is 0 Å². The van der Waals surface area contributed by atoms with E-state index in [4.69, 9.17) is 5.73 Å². The van der Waals surface area contributed by atoms with Crippen LogP contribution in [-0.4, -0.2) is 15.1 Å². The highest BCUT2D eigenvalue weighted by molar-refractivity contribution is 4.96. The van der Waals surface area contributed by atoms with Gasteiger partial charge in [-0.3, -0.25) is 0 Å². The number of hydrogen-bond acceptors (Lipinski definition) is 2. The van der Waals surface area contributed by atoms with Crippen LogP contribution in [0.3, 0.4) is 0 Å². The Hall–Kier alpha value is -0.830. The van der Waals surface area contributed by atoms with Crippen molar-refractivity contribution >= 4 is 0 Å². The summed E-state index contributed by atoms with van der Waals surface area (Å²) in [7, 11) is 2.06.